The second kappa shape index (κ2) is 12.3. The summed E-state index contributed by atoms with van der Waals surface area (Å²) in [6.45, 7) is 3.51. The largest absolute Gasteiger partial charge is 0.490 e. The number of thioether (sulfide) groups is 1. The molecule has 2 N–H and O–H groups in total. The van der Waals surface area contributed by atoms with E-state index in [4.69, 9.17) is 9.47 Å². The third-order valence-corrected chi connectivity index (χ3v) is 10.1. The molecule has 6 rings (SSSR count). The number of fused-ring (bicyclic) bond motifs is 2. The van der Waals surface area contributed by atoms with Crippen LogP contribution in [-0.2, 0) is 20.6 Å². The SMILES string of the molecule is CCOc1cc([C@@H]2c3sc(=O)[nH]c3S[C@H]3C(=O)N(c4ccccc4C(F)(F)F)C(=O)[C@@H]23)ccc1OCC(=O)Nc1ccccc1C. The summed E-state index contributed by atoms with van der Waals surface area (Å²) in [7, 11) is 0. The first-order valence-corrected chi connectivity index (χ1v) is 15.9. The molecule has 2 aliphatic heterocycles. The highest BCUT2D eigenvalue weighted by Gasteiger charge is 2.57. The summed E-state index contributed by atoms with van der Waals surface area (Å²) in [4.78, 5) is 56.2. The fourth-order valence-corrected chi connectivity index (χ4v) is 8.19. The van der Waals surface area contributed by atoms with E-state index in [1.165, 1.54) is 12.1 Å². The highest BCUT2D eigenvalue weighted by Crippen LogP contribution is 2.54. The first-order chi connectivity index (χ1) is 22.0. The van der Waals surface area contributed by atoms with Crippen molar-refractivity contribution in [1.82, 2.24) is 4.98 Å². The van der Waals surface area contributed by atoms with E-state index in [9.17, 15) is 32.3 Å². The van der Waals surface area contributed by atoms with E-state index < -0.39 is 57.1 Å². The Kier molecular flexibility index (Phi) is 8.42. The van der Waals surface area contributed by atoms with Gasteiger partial charge in [-0.05, 0) is 55.3 Å². The molecule has 1 saturated heterocycles. The molecule has 46 heavy (non-hydrogen) atoms. The molecule has 14 heteroatoms. The van der Waals surface area contributed by atoms with Crippen LogP contribution in [-0.4, -0.2) is 41.2 Å². The Morgan fingerprint density at radius 2 is 1.72 bits per heavy atom. The van der Waals surface area contributed by atoms with Crippen molar-refractivity contribution in [3.63, 3.8) is 0 Å². The summed E-state index contributed by atoms with van der Waals surface area (Å²) in [5.41, 5.74) is 0.361. The van der Waals surface area contributed by atoms with Crippen molar-refractivity contribution >= 4 is 52.2 Å². The van der Waals surface area contributed by atoms with Gasteiger partial charge in [-0.25, -0.2) is 4.90 Å². The molecule has 0 spiro atoms. The number of carbonyl (C=O) groups excluding carboxylic acids is 3. The van der Waals surface area contributed by atoms with Gasteiger partial charge in [-0.3, -0.25) is 19.2 Å². The maximum atomic E-state index is 14.0. The Hall–Kier alpha value is -4.56. The topological polar surface area (TPSA) is 118 Å². The maximum Gasteiger partial charge on any atom is 0.418 e. The smallest absolute Gasteiger partial charge is 0.418 e. The summed E-state index contributed by atoms with van der Waals surface area (Å²) < 4.78 is 53.4. The summed E-state index contributed by atoms with van der Waals surface area (Å²) in [6.07, 6.45) is -4.81. The van der Waals surface area contributed by atoms with Crippen LogP contribution in [0.3, 0.4) is 0 Å². The van der Waals surface area contributed by atoms with Crippen LogP contribution in [0.1, 0.15) is 34.4 Å². The number of benzene rings is 3. The summed E-state index contributed by atoms with van der Waals surface area (Å²) in [6, 6.07) is 16.5. The van der Waals surface area contributed by atoms with Gasteiger partial charge in [0.1, 0.15) is 5.25 Å². The quantitative estimate of drug-likeness (QED) is 0.222. The summed E-state index contributed by atoms with van der Waals surface area (Å²) in [5, 5.41) is 2.07. The van der Waals surface area contributed by atoms with Crippen LogP contribution in [0.2, 0.25) is 0 Å². The van der Waals surface area contributed by atoms with E-state index in [1.807, 2.05) is 19.1 Å². The molecule has 3 atom stereocenters. The zero-order chi connectivity index (χ0) is 32.7. The predicted octanol–water partition coefficient (Wildman–Crippen LogP) is 5.98. The molecular formula is C32H26F3N3O6S2. The van der Waals surface area contributed by atoms with Gasteiger partial charge in [0.2, 0.25) is 11.8 Å². The lowest BCUT2D eigenvalue weighted by Gasteiger charge is -2.30. The molecule has 3 aromatic carbocycles. The molecule has 0 saturated carbocycles. The van der Waals surface area contributed by atoms with Crippen molar-refractivity contribution in [2.75, 3.05) is 23.4 Å². The lowest BCUT2D eigenvalue weighted by atomic mass is 9.83. The first kappa shape index (κ1) is 31.4. The van der Waals surface area contributed by atoms with Crippen molar-refractivity contribution in [1.29, 1.82) is 0 Å². The van der Waals surface area contributed by atoms with Crippen LogP contribution in [0.25, 0.3) is 0 Å². The number of rotatable bonds is 8. The lowest BCUT2D eigenvalue weighted by Crippen LogP contribution is -2.33. The second-order valence-corrected chi connectivity index (χ2v) is 12.7. The van der Waals surface area contributed by atoms with Crippen LogP contribution in [0.5, 0.6) is 11.5 Å². The summed E-state index contributed by atoms with van der Waals surface area (Å²) >= 11 is 1.83. The van der Waals surface area contributed by atoms with E-state index in [0.29, 0.717) is 26.1 Å². The number of thiazole rings is 1. The standard InChI is InChI=1S/C32H26F3N3O6S2/c1-3-43-22-14-17(12-13-21(22)44-15-23(39)36-19-10-6-4-8-16(19)2)24-25-27(45-28-26(24)46-31(42)37-28)30(41)38(29(25)40)20-11-7-5-9-18(20)32(33,34)35/h4-14,24-25,27H,3,15H2,1-2H3,(H,36,39)(H,37,42)/t24-,25-,27+/m0/s1. The molecule has 1 fully saturated rings. The van der Waals surface area contributed by atoms with E-state index >= 15 is 0 Å². The number of imide groups is 1. The van der Waals surface area contributed by atoms with Crippen molar-refractivity contribution in [2.45, 2.75) is 36.2 Å². The first-order valence-electron chi connectivity index (χ1n) is 14.2. The van der Waals surface area contributed by atoms with Gasteiger partial charge in [0.15, 0.2) is 18.1 Å². The van der Waals surface area contributed by atoms with Crippen molar-refractivity contribution in [3.8, 4) is 11.5 Å². The van der Waals surface area contributed by atoms with Gasteiger partial charge in [-0.2, -0.15) is 13.2 Å². The number of amides is 3. The number of hydrogen-bond acceptors (Lipinski definition) is 8. The minimum Gasteiger partial charge on any atom is -0.490 e. The highest BCUT2D eigenvalue weighted by molar-refractivity contribution is 8.00. The predicted molar refractivity (Wildman–Crippen MR) is 167 cm³/mol. The van der Waals surface area contributed by atoms with E-state index in [1.54, 1.807) is 37.3 Å². The molecule has 3 amide bonds. The molecule has 4 aromatic rings. The number of ether oxygens (including phenoxy) is 2. The van der Waals surface area contributed by atoms with Crippen LogP contribution in [0, 0.1) is 12.8 Å². The van der Waals surface area contributed by atoms with E-state index in [-0.39, 0.29) is 24.7 Å². The zero-order valence-corrected chi connectivity index (χ0v) is 26.0. The molecule has 0 unspecified atom stereocenters. The number of anilines is 2. The third kappa shape index (κ3) is 5.78. The summed E-state index contributed by atoms with van der Waals surface area (Å²) in [5.74, 6) is -3.49. The second-order valence-electron chi connectivity index (χ2n) is 10.6. The number of aromatic amines is 1. The van der Waals surface area contributed by atoms with Crippen LogP contribution in [0.15, 0.2) is 76.6 Å². The number of carbonyl (C=O) groups is 3. The normalized spacial score (nSPS) is 19.1. The number of hydrogen-bond donors (Lipinski definition) is 2. The fourth-order valence-electron chi connectivity index (χ4n) is 5.67. The Balaban J connectivity index is 1.34. The molecule has 9 nitrogen and oxygen atoms in total. The van der Waals surface area contributed by atoms with Gasteiger partial charge in [0.25, 0.3) is 5.91 Å². The van der Waals surface area contributed by atoms with Gasteiger partial charge in [0.05, 0.1) is 28.8 Å². The Morgan fingerprint density at radius 3 is 2.46 bits per heavy atom. The zero-order valence-electron chi connectivity index (χ0n) is 24.3. The lowest BCUT2D eigenvalue weighted by molar-refractivity contribution is -0.137. The minimum absolute atomic E-state index is 0.226. The molecule has 238 valence electrons. The van der Waals surface area contributed by atoms with Crippen LogP contribution >= 0.6 is 23.1 Å². The number of halogens is 3. The molecule has 3 heterocycles. The number of aromatic nitrogens is 1. The Morgan fingerprint density at radius 1 is 0.978 bits per heavy atom. The fraction of sp³-hybridized carbons (Fsp3) is 0.250. The molecular weight excluding hydrogens is 643 g/mol. The van der Waals surface area contributed by atoms with Crippen LogP contribution < -0.4 is 24.6 Å². The van der Waals surface area contributed by atoms with Crippen molar-refractivity contribution in [2.24, 2.45) is 5.92 Å². The number of nitrogens with one attached hydrogen (secondary N) is 2. The van der Waals surface area contributed by atoms with E-state index in [0.717, 1.165) is 40.8 Å². The monoisotopic (exact) mass is 669 g/mol. The Labute approximate surface area is 268 Å². The number of alkyl halides is 3. The van der Waals surface area contributed by atoms with Gasteiger partial charge in [-0.1, -0.05) is 59.5 Å². The third-order valence-electron chi connectivity index (χ3n) is 7.68. The molecule has 0 aliphatic carbocycles. The van der Waals surface area contributed by atoms with Crippen molar-refractivity contribution in [3.05, 3.63) is 98.0 Å². The van der Waals surface area contributed by atoms with Gasteiger partial charge in [0, 0.05) is 16.5 Å². The average Bonchev–Trinajstić information content (AvgIpc) is 3.51. The van der Waals surface area contributed by atoms with Crippen molar-refractivity contribution < 1.29 is 37.0 Å². The molecule has 1 aromatic heterocycles. The number of para-hydroxylation sites is 2. The molecule has 0 radical (unpaired) electrons. The number of H-pyrrole nitrogens is 1. The Bertz CT molecular complexity index is 1910. The van der Waals surface area contributed by atoms with Gasteiger partial charge >= 0.3 is 11.0 Å². The maximum absolute atomic E-state index is 14.0. The minimum atomic E-state index is -4.81. The average molecular weight is 670 g/mol. The molecule has 2 aliphatic rings. The highest BCUT2D eigenvalue weighted by atomic mass is 32.2. The number of nitrogens with zero attached hydrogens (tertiary/aromatic N) is 1. The molecule has 0 bridgehead atoms. The van der Waals surface area contributed by atoms with Crippen LogP contribution in [0.4, 0.5) is 24.5 Å². The van der Waals surface area contributed by atoms with Gasteiger partial charge in [-0.15, -0.1) is 0 Å². The van der Waals surface area contributed by atoms with Gasteiger partial charge < -0.3 is 19.8 Å². The van der Waals surface area contributed by atoms with E-state index in [2.05, 4.69) is 10.3 Å². The number of aryl methyl sites for hydroxylation is 1.